The van der Waals surface area contributed by atoms with E-state index in [-0.39, 0.29) is 0 Å². The molecule has 0 saturated heterocycles. The molecule has 0 aromatic carbocycles. The topological polar surface area (TPSA) is 29.9 Å². The summed E-state index contributed by atoms with van der Waals surface area (Å²) in [6, 6.07) is 0. The molecule has 1 aromatic rings. The standard InChI is InChI=1S/C10H19N3/c1-9(2)6-10-7-12-13(8-10)5-4-11-3/h7-9,11H,4-6H2,1-3H3. The van der Waals surface area contributed by atoms with Gasteiger partial charge in [0, 0.05) is 12.7 Å². The third kappa shape index (κ3) is 3.59. The normalized spacial score (nSPS) is 11.1. The molecule has 0 unspecified atom stereocenters. The minimum atomic E-state index is 0.710. The quantitative estimate of drug-likeness (QED) is 0.742. The first-order valence-corrected chi connectivity index (χ1v) is 4.88. The maximum absolute atomic E-state index is 4.28. The molecule has 0 radical (unpaired) electrons. The predicted octanol–water partition coefficient (Wildman–Crippen LogP) is 1.30. The number of likely N-dealkylation sites (N-methyl/N-ethyl adjacent to an activating group) is 1. The first kappa shape index (κ1) is 10.3. The van der Waals surface area contributed by atoms with Gasteiger partial charge in [-0.3, -0.25) is 4.68 Å². The first-order valence-electron chi connectivity index (χ1n) is 4.88. The molecular formula is C10H19N3. The van der Waals surface area contributed by atoms with Crippen molar-refractivity contribution in [1.82, 2.24) is 15.1 Å². The number of nitrogens with one attached hydrogen (secondary N) is 1. The zero-order chi connectivity index (χ0) is 9.68. The highest BCUT2D eigenvalue weighted by Gasteiger charge is 2.00. The summed E-state index contributed by atoms with van der Waals surface area (Å²) in [5.74, 6) is 0.710. The summed E-state index contributed by atoms with van der Waals surface area (Å²) >= 11 is 0. The molecule has 0 atom stereocenters. The second kappa shape index (κ2) is 5.02. The molecule has 0 aliphatic heterocycles. The van der Waals surface area contributed by atoms with Crippen molar-refractivity contribution in [3.05, 3.63) is 18.0 Å². The van der Waals surface area contributed by atoms with Gasteiger partial charge >= 0.3 is 0 Å². The van der Waals surface area contributed by atoms with E-state index in [9.17, 15) is 0 Å². The van der Waals surface area contributed by atoms with Crippen LogP contribution in [0.2, 0.25) is 0 Å². The summed E-state index contributed by atoms with van der Waals surface area (Å²) in [5.41, 5.74) is 1.34. The van der Waals surface area contributed by atoms with Gasteiger partial charge in [0.15, 0.2) is 0 Å². The maximum atomic E-state index is 4.28. The van der Waals surface area contributed by atoms with E-state index >= 15 is 0 Å². The van der Waals surface area contributed by atoms with Gasteiger partial charge in [-0.1, -0.05) is 13.8 Å². The lowest BCUT2D eigenvalue weighted by Crippen LogP contribution is -2.15. The van der Waals surface area contributed by atoms with Crippen LogP contribution in [0.3, 0.4) is 0 Å². The SMILES string of the molecule is CNCCn1cc(CC(C)C)cn1. The van der Waals surface area contributed by atoms with Crippen LogP contribution in [-0.2, 0) is 13.0 Å². The highest BCUT2D eigenvalue weighted by atomic mass is 15.3. The van der Waals surface area contributed by atoms with Gasteiger partial charge in [-0.2, -0.15) is 5.10 Å². The fraction of sp³-hybridized carbons (Fsp3) is 0.700. The molecule has 1 heterocycles. The Bertz CT molecular complexity index is 240. The van der Waals surface area contributed by atoms with E-state index in [2.05, 4.69) is 30.5 Å². The summed E-state index contributed by atoms with van der Waals surface area (Å²) in [6.07, 6.45) is 5.23. The second-order valence-electron chi connectivity index (χ2n) is 3.81. The smallest absolute Gasteiger partial charge is 0.0533 e. The van der Waals surface area contributed by atoms with Gasteiger partial charge in [0.2, 0.25) is 0 Å². The van der Waals surface area contributed by atoms with Crippen molar-refractivity contribution in [1.29, 1.82) is 0 Å². The molecule has 0 aliphatic rings. The van der Waals surface area contributed by atoms with E-state index in [0.717, 1.165) is 19.5 Å². The lowest BCUT2D eigenvalue weighted by molar-refractivity contribution is 0.583. The molecule has 0 aliphatic carbocycles. The predicted molar refractivity (Wildman–Crippen MR) is 54.7 cm³/mol. The fourth-order valence-corrected chi connectivity index (χ4v) is 1.33. The van der Waals surface area contributed by atoms with Crippen LogP contribution >= 0.6 is 0 Å². The molecule has 3 heteroatoms. The largest absolute Gasteiger partial charge is 0.318 e. The molecule has 0 spiro atoms. The van der Waals surface area contributed by atoms with Gasteiger partial charge in [0.25, 0.3) is 0 Å². The first-order chi connectivity index (χ1) is 6.22. The summed E-state index contributed by atoms with van der Waals surface area (Å²) < 4.78 is 1.99. The lowest BCUT2D eigenvalue weighted by Gasteiger charge is -2.00. The fourth-order valence-electron chi connectivity index (χ4n) is 1.33. The Kier molecular flexibility index (Phi) is 3.96. The number of nitrogens with zero attached hydrogens (tertiary/aromatic N) is 2. The van der Waals surface area contributed by atoms with Crippen LogP contribution in [0, 0.1) is 5.92 Å². The maximum Gasteiger partial charge on any atom is 0.0533 e. The molecule has 0 amide bonds. The lowest BCUT2D eigenvalue weighted by atomic mass is 10.1. The van der Waals surface area contributed by atoms with Crippen molar-refractivity contribution in [2.45, 2.75) is 26.8 Å². The second-order valence-corrected chi connectivity index (χ2v) is 3.81. The van der Waals surface area contributed by atoms with Crippen molar-refractivity contribution in [3.63, 3.8) is 0 Å². The van der Waals surface area contributed by atoms with Crippen LogP contribution in [0.1, 0.15) is 19.4 Å². The Balaban J connectivity index is 2.44. The Labute approximate surface area is 80.1 Å². The van der Waals surface area contributed by atoms with Crippen molar-refractivity contribution in [2.24, 2.45) is 5.92 Å². The molecule has 1 aromatic heterocycles. The zero-order valence-corrected chi connectivity index (χ0v) is 8.75. The minimum absolute atomic E-state index is 0.710. The van der Waals surface area contributed by atoms with Crippen LogP contribution < -0.4 is 5.32 Å². The molecule has 1 N–H and O–H groups in total. The van der Waals surface area contributed by atoms with E-state index in [1.54, 1.807) is 0 Å². The average molecular weight is 181 g/mol. The summed E-state index contributed by atoms with van der Waals surface area (Å²) in [4.78, 5) is 0. The van der Waals surface area contributed by atoms with Crippen molar-refractivity contribution in [3.8, 4) is 0 Å². The van der Waals surface area contributed by atoms with Crippen LogP contribution in [0.4, 0.5) is 0 Å². The Morgan fingerprint density at radius 1 is 1.54 bits per heavy atom. The van der Waals surface area contributed by atoms with E-state index in [1.165, 1.54) is 5.56 Å². The van der Waals surface area contributed by atoms with Crippen LogP contribution in [0.15, 0.2) is 12.4 Å². The van der Waals surface area contributed by atoms with Crippen molar-refractivity contribution < 1.29 is 0 Å². The molecule has 0 fully saturated rings. The van der Waals surface area contributed by atoms with Crippen molar-refractivity contribution in [2.75, 3.05) is 13.6 Å². The number of rotatable bonds is 5. The number of hydrogen-bond donors (Lipinski definition) is 1. The van der Waals surface area contributed by atoms with E-state index in [1.807, 2.05) is 17.9 Å². The molecule has 3 nitrogen and oxygen atoms in total. The van der Waals surface area contributed by atoms with Crippen LogP contribution in [-0.4, -0.2) is 23.4 Å². The molecular weight excluding hydrogens is 162 g/mol. The number of aromatic nitrogens is 2. The summed E-state index contributed by atoms with van der Waals surface area (Å²) in [6.45, 7) is 6.38. The van der Waals surface area contributed by atoms with Crippen LogP contribution in [0.25, 0.3) is 0 Å². The Morgan fingerprint density at radius 3 is 2.92 bits per heavy atom. The monoisotopic (exact) mass is 181 g/mol. The van der Waals surface area contributed by atoms with E-state index < -0.39 is 0 Å². The van der Waals surface area contributed by atoms with Crippen LogP contribution in [0.5, 0.6) is 0 Å². The van der Waals surface area contributed by atoms with Crippen molar-refractivity contribution >= 4 is 0 Å². The summed E-state index contributed by atoms with van der Waals surface area (Å²) in [7, 11) is 1.96. The van der Waals surface area contributed by atoms with Gasteiger partial charge in [-0.15, -0.1) is 0 Å². The average Bonchev–Trinajstić information content (AvgIpc) is 2.48. The Hall–Kier alpha value is -0.830. The molecule has 0 bridgehead atoms. The molecule has 13 heavy (non-hydrogen) atoms. The summed E-state index contributed by atoms with van der Waals surface area (Å²) in [5, 5.41) is 7.39. The molecule has 74 valence electrons. The van der Waals surface area contributed by atoms with Gasteiger partial charge < -0.3 is 5.32 Å². The minimum Gasteiger partial charge on any atom is -0.318 e. The highest BCUT2D eigenvalue weighted by Crippen LogP contribution is 2.05. The zero-order valence-electron chi connectivity index (χ0n) is 8.75. The van der Waals surface area contributed by atoms with Gasteiger partial charge in [-0.25, -0.2) is 0 Å². The Morgan fingerprint density at radius 2 is 2.31 bits per heavy atom. The number of hydrogen-bond acceptors (Lipinski definition) is 2. The van der Waals surface area contributed by atoms with Gasteiger partial charge in [0.1, 0.15) is 0 Å². The van der Waals surface area contributed by atoms with E-state index in [4.69, 9.17) is 0 Å². The third-order valence-electron chi connectivity index (χ3n) is 1.92. The van der Waals surface area contributed by atoms with Gasteiger partial charge in [0.05, 0.1) is 12.7 Å². The highest BCUT2D eigenvalue weighted by molar-refractivity contribution is 5.04. The van der Waals surface area contributed by atoms with Gasteiger partial charge in [-0.05, 0) is 24.9 Å². The molecule has 1 rings (SSSR count). The molecule has 0 saturated carbocycles. The third-order valence-corrected chi connectivity index (χ3v) is 1.92. The van der Waals surface area contributed by atoms with E-state index in [0.29, 0.717) is 5.92 Å².